The fraction of sp³-hybridized carbons (Fsp3) is 0.294. The number of amides is 1. The van der Waals surface area contributed by atoms with E-state index < -0.39 is 18.5 Å². The van der Waals surface area contributed by atoms with E-state index in [0.717, 1.165) is 0 Å². The Morgan fingerprint density at radius 3 is 2.73 bits per heavy atom. The predicted molar refractivity (Wildman–Crippen MR) is 88.9 cm³/mol. The molecule has 0 saturated carbocycles. The van der Waals surface area contributed by atoms with Crippen LogP contribution in [-0.4, -0.2) is 47.7 Å². The van der Waals surface area contributed by atoms with Gasteiger partial charge in [0.05, 0.1) is 16.8 Å². The lowest BCUT2D eigenvalue weighted by Crippen LogP contribution is -2.37. The number of nitrogens with zero attached hydrogens (tertiary/aromatic N) is 1. The Kier molecular flexibility index (Phi) is 5.06. The standard InChI is InChI=1S/C17H17F2N3O4/c18-17(19)26-14-4-2-1-3-13(14)22-6-5-10(9-22)21-15(23)11-7-20-8-12(11)16(24)25/h1-4,7-8,10,17,20H,5-6,9H2,(H,21,23)(H,24,25). The highest BCUT2D eigenvalue weighted by atomic mass is 19.3. The number of anilines is 1. The van der Waals surface area contributed by atoms with Crippen LogP contribution in [0.3, 0.4) is 0 Å². The third-order valence-corrected chi connectivity index (χ3v) is 4.17. The second-order valence-corrected chi connectivity index (χ2v) is 5.84. The first-order valence-electron chi connectivity index (χ1n) is 7.95. The van der Waals surface area contributed by atoms with Crippen molar-refractivity contribution in [1.82, 2.24) is 10.3 Å². The zero-order chi connectivity index (χ0) is 18.7. The Bertz CT molecular complexity index is 809. The highest BCUT2D eigenvalue weighted by Gasteiger charge is 2.28. The van der Waals surface area contributed by atoms with Crippen LogP contribution in [0, 0.1) is 0 Å². The molecule has 1 aliphatic rings. The summed E-state index contributed by atoms with van der Waals surface area (Å²) in [7, 11) is 0. The van der Waals surface area contributed by atoms with Gasteiger partial charge in [0.2, 0.25) is 0 Å². The van der Waals surface area contributed by atoms with Crippen molar-refractivity contribution in [1.29, 1.82) is 0 Å². The number of aromatic carboxylic acids is 1. The van der Waals surface area contributed by atoms with Gasteiger partial charge in [-0.25, -0.2) is 4.79 Å². The highest BCUT2D eigenvalue weighted by molar-refractivity contribution is 6.04. The second-order valence-electron chi connectivity index (χ2n) is 5.84. The molecule has 138 valence electrons. The van der Waals surface area contributed by atoms with Gasteiger partial charge in [0.1, 0.15) is 5.75 Å². The molecule has 1 fully saturated rings. The van der Waals surface area contributed by atoms with Gasteiger partial charge in [-0.15, -0.1) is 0 Å². The molecule has 0 aliphatic carbocycles. The molecule has 1 unspecified atom stereocenters. The highest BCUT2D eigenvalue weighted by Crippen LogP contribution is 2.31. The minimum absolute atomic E-state index is 0.0531. The summed E-state index contributed by atoms with van der Waals surface area (Å²) in [6.07, 6.45) is 3.18. The van der Waals surface area contributed by atoms with Gasteiger partial charge in [-0.05, 0) is 18.6 Å². The van der Waals surface area contributed by atoms with Gasteiger partial charge < -0.3 is 25.0 Å². The van der Waals surface area contributed by atoms with Gasteiger partial charge in [0, 0.05) is 31.5 Å². The molecule has 7 nitrogen and oxygen atoms in total. The van der Waals surface area contributed by atoms with Gasteiger partial charge in [-0.1, -0.05) is 12.1 Å². The second kappa shape index (κ2) is 7.42. The van der Waals surface area contributed by atoms with E-state index in [4.69, 9.17) is 5.11 Å². The van der Waals surface area contributed by atoms with Crippen molar-refractivity contribution in [2.24, 2.45) is 0 Å². The summed E-state index contributed by atoms with van der Waals surface area (Å²) in [5.74, 6) is -1.61. The molecule has 26 heavy (non-hydrogen) atoms. The van der Waals surface area contributed by atoms with E-state index in [9.17, 15) is 18.4 Å². The minimum atomic E-state index is -2.92. The number of benzene rings is 1. The lowest BCUT2D eigenvalue weighted by atomic mass is 10.1. The molecular formula is C17H17F2N3O4. The first-order valence-corrected chi connectivity index (χ1v) is 7.95. The number of carbonyl (C=O) groups is 2. The molecule has 1 saturated heterocycles. The number of alkyl halides is 2. The van der Waals surface area contributed by atoms with Gasteiger partial charge in [-0.2, -0.15) is 8.78 Å². The number of aromatic nitrogens is 1. The zero-order valence-electron chi connectivity index (χ0n) is 13.6. The predicted octanol–water partition coefficient (Wildman–Crippen LogP) is 2.32. The van der Waals surface area contributed by atoms with Crippen molar-refractivity contribution in [3.63, 3.8) is 0 Å². The molecule has 0 bridgehead atoms. The molecule has 2 heterocycles. The van der Waals surface area contributed by atoms with Gasteiger partial charge in [0.25, 0.3) is 5.91 Å². The number of carboxylic acids is 1. The Labute approximate surface area is 147 Å². The lowest BCUT2D eigenvalue weighted by molar-refractivity contribution is -0.0495. The Morgan fingerprint density at radius 1 is 1.27 bits per heavy atom. The molecule has 1 aromatic heterocycles. The number of carboxylic acid groups (broad SMARTS) is 1. The Hall–Kier alpha value is -3.10. The van der Waals surface area contributed by atoms with Crippen LogP contribution >= 0.6 is 0 Å². The van der Waals surface area contributed by atoms with E-state index in [1.165, 1.54) is 18.5 Å². The Balaban J connectivity index is 1.67. The van der Waals surface area contributed by atoms with Crippen LogP contribution in [0.15, 0.2) is 36.7 Å². The van der Waals surface area contributed by atoms with Crippen molar-refractivity contribution >= 4 is 17.6 Å². The molecule has 3 N–H and O–H groups in total. The average Bonchev–Trinajstić information content (AvgIpc) is 3.24. The van der Waals surface area contributed by atoms with Gasteiger partial charge in [0.15, 0.2) is 0 Å². The van der Waals surface area contributed by atoms with Crippen LogP contribution in [0.25, 0.3) is 0 Å². The SMILES string of the molecule is O=C(O)c1c[nH]cc1C(=O)NC1CCN(c2ccccc2OC(F)F)C1. The molecule has 0 spiro atoms. The molecule has 2 aromatic rings. The number of aromatic amines is 1. The molecule has 1 amide bonds. The number of hydrogen-bond acceptors (Lipinski definition) is 4. The number of H-pyrrole nitrogens is 1. The molecule has 1 aromatic carbocycles. The molecule has 1 aliphatic heterocycles. The topological polar surface area (TPSA) is 94.7 Å². The monoisotopic (exact) mass is 365 g/mol. The summed E-state index contributed by atoms with van der Waals surface area (Å²) in [5, 5.41) is 11.9. The van der Waals surface area contributed by atoms with Crippen molar-refractivity contribution in [3.8, 4) is 5.75 Å². The fourth-order valence-electron chi connectivity index (χ4n) is 3.00. The third-order valence-electron chi connectivity index (χ3n) is 4.17. The van der Waals surface area contributed by atoms with Crippen LogP contribution in [0.5, 0.6) is 5.75 Å². The van der Waals surface area contributed by atoms with Gasteiger partial charge >= 0.3 is 12.6 Å². The summed E-state index contributed by atoms with van der Waals surface area (Å²) >= 11 is 0. The smallest absolute Gasteiger partial charge is 0.387 e. The number of rotatable bonds is 6. The quantitative estimate of drug-likeness (QED) is 0.730. The van der Waals surface area contributed by atoms with E-state index in [2.05, 4.69) is 15.0 Å². The third kappa shape index (κ3) is 3.76. The molecule has 1 atom stereocenters. The van der Waals surface area contributed by atoms with E-state index in [1.54, 1.807) is 18.2 Å². The summed E-state index contributed by atoms with van der Waals surface area (Å²) in [5.41, 5.74) is 0.475. The lowest BCUT2D eigenvalue weighted by Gasteiger charge is -2.22. The van der Waals surface area contributed by atoms with Crippen LogP contribution in [0.2, 0.25) is 0 Å². The minimum Gasteiger partial charge on any atom is -0.478 e. The Morgan fingerprint density at radius 2 is 2.00 bits per heavy atom. The van der Waals surface area contributed by atoms with E-state index in [-0.39, 0.29) is 22.9 Å². The van der Waals surface area contributed by atoms with Crippen molar-refractivity contribution < 1.29 is 28.2 Å². The molecule has 3 rings (SSSR count). The maximum atomic E-state index is 12.5. The van der Waals surface area contributed by atoms with Crippen LogP contribution in [0.1, 0.15) is 27.1 Å². The van der Waals surface area contributed by atoms with Crippen LogP contribution < -0.4 is 15.0 Å². The first kappa shape index (κ1) is 17.7. The molecular weight excluding hydrogens is 348 g/mol. The van der Waals surface area contributed by atoms with E-state index >= 15 is 0 Å². The van der Waals surface area contributed by atoms with Crippen molar-refractivity contribution in [2.45, 2.75) is 19.1 Å². The molecule has 9 heteroatoms. The number of carbonyl (C=O) groups excluding carboxylic acids is 1. The van der Waals surface area contributed by atoms with E-state index in [1.807, 2.05) is 4.90 Å². The van der Waals surface area contributed by atoms with Crippen molar-refractivity contribution in [3.05, 3.63) is 47.8 Å². The van der Waals surface area contributed by atoms with Crippen LogP contribution in [0.4, 0.5) is 14.5 Å². The number of nitrogens with one attached hydrogen (secondary N) is 2. The number of ether oxygens (including phenoxy) is 1. The summed E-state index contributed by atoms with van der Waals surface area (Å²) in [6, 6.07) is 6.23. The number of para-hydroxylation sites is 2. The average molecular weight is 365 g/mol. The number of halogens is 2. The summed E-state index contributed by atoms with van der Waals surface area (Å²) in [6.45, 7) is -1.97. The maximum Gasteiger partial charge on any atom is 0.387 e. The van der Waals surface area contributed by atoms with Crippen molar-refractivity contribution in [2.75, 3.05) is 18.0 Å². The van der Waals surface area contributed by atoms with E-state index in [0.29, 0.717) is 25.2 Å². The zero-order valence-corrected chi connectivity index (χ0v) is 13.6. The fourth-order valence-corrected chi connectivity index (χ4v) is 3.00. The van der Waals surface area contributed by atoms with Gasteiger partial charge in [-0.3, -0.25) is 4.79 Å². The largest absolute Gasteiger partial charge is 0.478 e. The van der Waals surface area contributed by atoms with Crippen LogP contribution in [-0.2, 0) is 0 Å². The normalized spacial score (nSPS) is 16.7. The summed E-state index contributed by atoms with van der Waals surface area (Å²) < 4.78 is 29.6. The summed E-state index contributed by atoms with van der Waals surface area (Å²) in [4.78, 5) is 27.9. The first-order chi connectivity index (χ1) is 12.5. The number of hydrogen-bond donors (Lipinski definition) is 3. The molecule has 0 radical (unpaired) electrons. The maximum absolute atomic E-state index is 12.5.